The first-order valence-corrected chi connectivity index (χ1v) is 8.19. The quantitative estimate of drug-likeness (QED) is 0.799. The minimum atomic E-state index is -4.83. The van der Waals surface area contributed by atoms with Gasteiger partial charge in [-0.3, -0.25) is 4.79 Å². The lowest BCUT2D eigenvalue weighted by atomic mass is 10.1. The van der Waals surface area contributed by atoms with Crippen LogP contribution in [0, 0.1) is 5.92 Å². The molecule has 1 unspecified atom stereocenters. The molecule has 2 aromatic rings. The first-order valence-electron chi connectivity index (χ1n) is 7.38. The van der Waals surface area contributed by atoms with E-state index in [1.807, 2.05) is 0 Å². The molecule has 0 radical (unpaired) electrons. The summed E-state index contributed by atoms with van der Waals surface area (Å²) in [5.74, 6) is -1.63. The van der Waals surface area contributed by atoms with Gasteiger partial charge in [0.15, 0.2) is 5.69 Å². The van der Waals surface area contributed by atoms with Gasteiger partial charge in [-0.25, -0.2) is 4.98 Å². The number of nitrogens with zero attached hydrogens (tertiary/aromatic N) is 4. The molecule has 1 saturated heterocycles. The lowest BCUT2D eigenvalue weighted by Crippen LogP contribution is -2.27. The molecule has 1 atom stereocenters. The van der Waals surface area contributed by atoms with Crippen molar-refractivity contribution in [1.82, 2.24) is 19.5 Å². The van der Waals surface area contributed by atoms with Crippen LogP contribution in [0.25, 0.3) is 4.96 Å². The molecule has 144 valence electrons. The zero-order valence-corrected chi connectivity index (χ0v) is 13.7. The number of imidazole rings is 1. The standard InChI is InChI=1S/C13H12F6N4O2S/c14-12(15,16)2-6-1-9(25)22(3-6)4-7-10(13(17,18)19)23-11(20-7)26-8(5-24)21-23/h6,24H,1-5H2. The highest BCUT2D eigenvalue weighted by Crippen LogP contribution is 2.36. The fourth-order valence-electron chi connectivity index (χ4n) is 2.94. The van der Waals surface area contributed by atoms with Crippen molar-refractivity contribution in [1.29, 1.82) is 0 Å². The molecule has 2 aromatic heterocycles. The lowest BCUT2D eigenvalue weighted by Gasteiger charge is -2.17. The molecule has 1 aliphatic rings. The minimum absolute atomic E-state index is 0.0343. The summed E-state index contributed by atoms with van der Waals surface area (Å²) < 4.78 is 78.1. The summed E-state index contributed by atoms with van der Waals surface area (Å²) in [6, 6.07) is 0. The molecule has 0 saturated carbocycles. The zero-order chi connectivity index (χ0) is 19.3. The third-order valence-electron chi connectivity index (χ3n) is 3.88. The normalized spacial score (nSPS) is 19.1. The second-order valence-corrected chi connectivity index (χ2v) is 6.96. The van der Waals surface area contributed by atoms with Crippen LogP contribution in [-0.2, 0) is 24.1 Å². The van der Waals surface area contributed by atoms with Crippen molar-refractivity contribution in [3.63, 3.8) is 0 Å². The van der Waals surface area contributed by atoms with E-state index >= 15 is 0 Å². The van der Waals surface area contributed by atoms with E-state index in [0.29, 0.717) is 4.52 Å². The number of hydrogen-bond donors (Lipinski definition) is 1. The van der Waals surface area contributed by atoms with E-state index in [1.165, 1.54) is 0 Å². The average Bonchev–Trinajstić information content (AvgIpc) is 3.08. The van der Waals surface area contributed by atoms with Crippen molar-refractivity contribution in [3.8, 4) is 0 Å². The smallest absolute Gasteiger partial charge is 0.389 e. The number of likely N-dealkylation sites (tertiary alicyclic amines) is 1. The van der Waals surface area contributed by atoms with Gasteiger partial charge in [0.05, 0.1) is 18.8 Å². The van der Waals surface area contributed by atoms with Crippen LogP contribution in [0.5, 0.6) is 0 Å². The van der Waals surface area contributed by atoms with Gasteiger partial charge in [-0.2, -0.15) is 36.0 Å². The van der Waals surface area contributed by atoms with Gasteiger partial charge in [0.1, 0.15) is 5.01 Å². The van der Waals surface area contributed by atoms with E-state index in [2.05, 4.69) is 10.1 Å². The van der Waals surface area contributed by atoms with Gasteiger partial charge >= 0.3 is 12.4 Å². The zero-order valence-electron chi connectivity index (χ0n) is 12.9. The molecular weight excluding hydrogens is 390 g/mol. The van der Waals surface area contributed by atoms with E-state index in [0.717, 1.165) is 16.2 Å². The predicted octanol–water partition coefficient (Wildman–Crippen LogP) is 2.60. The van der Waals surface area contributed by atoms with Crippen molar-refractivity contribution in [2.45, 2.75) is 38.3 Å². The molecule has 3 heterocycles. The molecular formula is C13H12F6N4O2S. The first-order chi connectivity index (χ1) is 12.0. The van der Waals surface area contributed by atoms with E-state index in [9.17, 15) is 31.1 Å². The fraction of sp³-hybridized carbons (Fsp3) is 0.615. The van der Waals surface area contributed by atoms with Crippen LogP contribution >= 0.6 is 11.3 Å². The summed E-state index contributed by atoms with van der Waals surface area (Å²) in [5, 5.41) is 12.6. The lowest BCUT2D eigenvalue weighted by molar-refractivity contribution is -0.144. The number of aliphatic hydroxyl groups excluding tert-OH is 1. The maximum atomic E-state index is 13.4. The number of hydrogen-bond acceptors (Lipinski definition) is 5. The highest BCUT2D eigenvalue weighted by Gasteiger charge is 2.42. The van der Waals surface area contributed by atoms with Crippen LogP contribution in [-0.4, -0.2) is 43.2 Å². The molecule has 0 spiro atoms. The molecule has 26 heavy (non-hydrogen) atoms. The van der Waals surface area contributed by atoms with Gasteiger partial charge in [-0.15, -0.1) is 0 Å². The van der Waals surface area contributed by atoms with Crippen molar-refractivity contribution < 1.29 is 36.2 Å². The van der Waals surface area contributed by atoms with Gasteiger partial charge in [0.2, 0.25) is 10.9 Å². The third-order valence-corrected chi connectivity index (χ3v) is 4.77. The Morgan fingerprint density at radius 1 is 1.23 bits per heavy atom. The Morgan fingerprint density at radius 3 is 2.50 bits per heavy atom. The number of fused-ring (bicyclic) bond motifs is 1. The Balaban J connectivity index is 1.87. The van der Waals surface area contributed by atoms with E-state index in [-0.39, 0.29) is 22.9 Å². The largest absolute Gasteiger partial charge is 0.435 e. The van der Waals surface area contributed by atoms with Gasteiger partial charge in [-0.05, 0) is 5.92 Å². The molecule has 1 amide bonds. The number of carbonyl (C=O) groups excluding carboxylic acids is 1. The summed E-state index contributed by atoms with van der Waals surface area (Å²) in [6.45, 7) is -1.38. The van der Waals surface area contributed by atoms with Crippen LogP contribution < -0.4 is 0 Å². The maximum Gasteiger partial charge on any atom is 0.435 e. The maximum absolute atomic E-state index is 13.4. The number of halogens is 6. The molecule has 0 bridgehead atoms. The number of aliphatic hydroxyl groups is 1. The molecule has 1 fully saturated rings. The van der Waals surface area contributed by atoms with Crippen LogP contribution in [0.4, 0.5) is 26.3 Å². The Kier molecular flexibility index (Phi) is 4.63. The Hall–Kier alpha value is -1.89. The summed E-state index contributed by atoms with van der Waals surface area (Å²) in [4.78, 5) is 16.5. The minimum Gasteiger partial charge on any atom is -0.389 e. The second kappa shape index (κ2) is 6.37. The molecule has 3 rings (SSSR count). The second-order valence-electron chi connectivity index (χ2n) is 5.92. The number of amides is 1. The topological polar surface area (TPSA) is 70.7 Å². The van der Waals surface area contributed by atoms with Crippen molar-refractivity contribution in [2.24, 2.45) is 5.92 Å². The highest BCUT2D eigenvalue weighted by molar-refractivity contribution is 7.16. The number of carbonyl (C=O) groups is 1. The average molecular weight is 402 g/mol. The van der Waals surface area contributed by atoms with Gasteiger partial charge in [0.25, 0.3) is 0 Å². The van der Waals surface area contributed by atoms with Gasteiger partial charge in [0, 0.05) is 19.4 Å². The summed E-state index contributed by atoms with van der Waals surface area (Å²) in [7, 11) is 0. The molecule has 13 heteroatoms. The fourth-order valence-corrected chi connectivity index (χ4v) is 3.71. The van der Waals surface area contributed by atoms with Crippen LogP contribution in [0.3, 0.4) is 0 Å². The monoisotopic (exact) mass is 402 g/mol. The van der Waals surface area contributed by atoms with Crippen molar-refractivity contribution in [3.05, 3.63) is 16.4 Å². The van der Waals surface area contributed by atoms with Gasteiger partial charge in [-0.1, -0.05) is 11.3 Å². The molecule has 1 N–H and O–H groups in total. The van der Waals surface area contributed by atoms with E-state index in [4.69, 9.17) is 5.11 Å². The third kappa shape index (κ3) is 3.77. The van der Waals surface area contributed by atoms with Gasteiger partial charge < -0.3 is 10.0 Å². The molecule has 0 aliphatic carbocycles. The Bertz CT molecular complexity index is 827. The first kappa shape index (κ1) is 18.9. The summed E-state index contributed by atoms with van der Waals surface area (Å²) >= 11 is 0.754. The SMILES string of the molecule is O=C1CC(CC(F)(F)F)CN1Cc1nc2sc(CO)nn2c1C(F)(F)F. The Morgan fingerprint density at radius 2 is 1.92 bits per heavy atom. The highest BCUT2D eigenvalue weighted by atomic mass is 32.1. The van der Waals surface area contributed by atoms with Crippen LogP contribution in [0.2, 0.25) is 0 Å². The van der Waals surface area contributed by atoms with Crippen LogP contribution in [0.15, 0.2) is 0 Å². The number of rotatable bonds is 4. The summed E-state index contributed by atoms with van der Waals surface area (Å²) in [5.41, 5.74) is -1.68. The Labute approximate surface area is 146 Å². The van der Waals surface area contributed by atoms with Crippen molar-refractivity contribution >= 4 is 22.2 Å². The van der Waals surface area contributed by atoms with E-state index < -0.39 is 55.1 Å². The van der Waals surface area contributed by atoms with Crippen molar-refractivity contribution in [2.75, 3.05) is 6.54 Å². The van der Waals surface area contributed by atoms with E-state index in [1.54, 1.807) is 0 Å². The number of alkyl halides is 6. The number of aromatic nitrogens is 3. The molecule has 1 aliphatic heterocycles. The molecule has 6 nitrogen and oxygen atoms in total. The predicted molar refractivity (Wildman–Crippen MR) is 76.0 cm³/mol. The van der Waals surface area contributed by atoms with Crippen LogP contribution in [0.1, 0.15) is 29.2 Å². The molecule has 0 aromatic carbocycles. The summed E-state index contributed by atoms with van der Waals surface area (Å²) in [6.07, 6.45) is -10.8.